The number of Topliss-reactive ketones (excluding diaryl/α,β-unsaturated/α-hetero) is 1. The van der Waals surface area contributed by atoms with Crippen molar-refractivity contribution in [2.24, 2.45) is 0 Å². The highest BCUT2D eigenvalue weighted by Gasteiger charge is 2.44. The van der Waals surface area contributed by atoms with Crippen LogP contribution >= 0.6 is 23.2 Å². The first kappa shape index (κ1) is 23.0. The van der Waals surface area contributed by atoms with E-state index in [9.17, 15) is 14.7 Å². The first-order valence-corrected chi connectivity index (χ1v) is 11.3. The maximum atomic E-state index is 13.7. The zero-order chi connectivity index (χ0) is 24.7. The molecule has 0 saturated carbocycles. The zero-order valence-corrected chi connectivity index (χ0v) is 19.9. The largest absolute Gasteiger partial charge is 0.503 e. The van der Waals surface area contributed by atoms with Gasteiger partial charge in [-0.2, -0.15) is 0 Å². The topological polar surface area (TPSA) is 92.9 Å². The van der Waals surface area contributed by atoms with Gasteiger partial charge in [0.05, 0.1) is 18.7 Å². The Morgan fingerprint density at radius 2 is 1.91 bits per heavy atom. The third-order valence-electron chi connectivity index (χ3n) is 5.80. The highest BCUT2D eigenvalue weighted by molar-refractivity contribution is 6.31. The van der Waals surface area contributed by atoms with Crippen molar-refractivity contribution in [3.63, 3.8) is 0 Å². The molecule has 1 amide bonds. The molecule has 0 fully saturated rings. The van der Waals surface area contributed by atoms with Gasteiger partial charge < -0.3 is 19.2 Å². The number of methoxy groups -OCH3 is 1. The Balaban J connectivity index is 1.61. The van der Waals surface area contributed by atoms with Gasteiger partial charge in [0.2, 0.25) is 5.78 Å². The van der Waals surface area contributed by atoms with E-state index in [0.717, 1.165) is 5.56 Å². The Morgan fingerprint density at radius 1 is 1.14 bits per heavy atom. The number of benzene rings is 2. The fourth-order valence-electron chi connectivity index (χ4n) is 4.21. The van der Waals surface area contributed by atoms with Crippen LogP contribution in [0.1, 0.15) is 27.7 Å². The van der Waals surface area contributed by atoms with Crippen LogP contribution in [0.5, 0.6) is 5.75 Å². The lowest BCUT2D eigenvalue weighted by atomic mass is 9.95. The van der Waals surface area contributed by atoms with E-state index in [4.69, 9.17) is 32.4 Å². The molecule has 1 N–H and O–H groups in total. The van der Waals surface area contributed by atoms with E-state index < -0.39 is 23.5 Å². The fraction of sp³-hybridized carbons (Fsp3) is 0.115. The fourth-order valence-corrected chi connectivity index (χ4v) is 4.55. The number of pyridine rings is 1. The second-order valence-corrected chi connectivity index (χ2v) is 8.85. The van der Waals surface area contributed by atoms with Crippen LogP contribution in [0.15, 0.2) is 82.7 Å². The third kappa shape index (κ3) is 4.13. The number of ketones is 1. The van der Waals surface area contributed by atoms with Crippen molar-refractivity contribution in [1.29, 1.82) is 0 Å². The Kier molecular flexibility index (Phi) is 5.96. The van der Waals surface area contributed by atoms with E-state index >= 15 is 0 Å². The number of aliphatic hydroxyl groups excluding tert-OH is 1. The Bertz CT molecular complexity index is 1480. The molecule has 0 aliphatic carbocycles. The Morgan fingerprint density at radius 3 is 2.60 bits per heavy atom. The summed E-state index contributed by atoms with van der Waals surface area (Å²) in [7, 11) is 1.46. The number of hydrogen-bond donors (Lipinski definition) is 1. The lowest BCUT2D eigenvalue weighted by Crippen LogP contribution is -2.30. The van der Waals surface area contributed by atoms with Crippen LogP contribution in [0.25, 0.3) is 11.0 Å². The lowest BCUT2D eigenvalue weighted by Gasteiger charge is -2.26. The number of furan rings is 1. The number of halogens is 2. The van der Waals surface area contributed by atoms with Crippen molar-refractivity contribution in [3.8, 4) is 5.75 Å². The molecule has 1 atom stereocenters. The number of carbonyl (C=O) groups excluding carboxylic acids is 2. The summed E-state index contributed by atoms with van der Waals surface area (Å²) >= 11 is 12.2. The SMILES string of the molecule is COc1cc(Cl)cc2cc(C(=O)C3=C(O)C(=O)N(Cc4cccnc4)C3c3ccc(Cl)cc3)oc12. The molecule has 2 aromatic carbocycles. The Hall–Kier alpha value is -3.81. The highest BCUT2D eigenvalue weighted by atomic mass is 35.5. The number of aliphatic hydroxyl groups is 1. The molecule has 0 saturated heterocycles. The van der Waals surface area contributed by atoms with Crippen molar-refractivity contribution >= 4 is 45.9 Å². The Labute approximate surface area is 210 Å². The number of aromatic nitrogens is 1. The quantitative estimate of drug-likeness (QED) is 0.325. The molecule has 176 valence electrons. The van der Waals surface area contributed by atoms with Gasteiger partial charge in [-0.15, -0.1) is 0 Å². The number of amides is 1. The molecule has 0 spiro atoms. The number of ether oxygens (including phenoxy) is 1. The summed E-state index contributed by atoms with van der Waals surface area (Å²) < 4.78 is 11.1. The van der Waals surface area contributed by atoms with Crippen molar-refractivity contribution in [2.75, 3.05) is 7.11 Å². The molecule has 9 heteroatoms. The predicted molar refractivity (Wildman–Crippen MR) is 131 cm³/mol. The number of carbonyl (C=O) groups is 2. The van der Waals surface area contributed by atoms with Crippen molar-refractivity contribution in [2.45, 2.75) is 12.6 Å². The summed E-state index contributed by atoms with van der Waals surface area (Å²) in [6, 6.07) is 14.2. The molecule has 0 bridgehead atoms. The second kappa shape index (κ2) is 9.09. The molecule has 35 heavy (non-hydrogen) atoms. The van der Waals surface area contributed by atoms with Crippen molar-refractivity contribution in [1.82, 2.24) is 9.88 Å². The molecule has 7 nitrogen and oxygen atoms in total. The minimum atomic E-state index is -0.869. The van der Waals surface area contributed by atoms with Gasteiger partial charge in [-0.25, -0.2) is 0 Å². The van der Waals surface area contributed by atoms with Crippen LogP contribution in [0.2, 0.25) is 10.0 Å². The van der Waals surface area contributed by atoms with Crippen LogP contribution in [0, 0.1) is 0 Å². The van der Waals surface area contributed by atoms with Crippen LogP contribution in [-0.4, -0.2) is 33.8 Å². The first-order valence-electron chi connectivity index (χ1n) is 10.6. The minimum Gasteiger partial charge on any atom is -0.503 e. The molecule has 5 rings (SSSR count). The normalized spacial score (nSPS) is 15.8. The molecule has 1 aliphatic heterocycles. The van der Waals surface area contributed by atoms with E-state index in [-0.39, 0.29) is 17.9 Å². The molecular formula is C26H18Cl2N2O5. The lowest BCUT2D eigenvalue weighted by molar-refractivity contribution is -0.130. The number of nitrogens with zero attached hydrogens (tertiary/aromatic N) is 2. The molecule has 3 heterocycles. The van der Waals surface area contributed by atoms with E-state index in [1.807, 2.05) is 6.07 Å². The smallest absolute Gasteiger partial charge is 0.290 e. The first-order chi connectivity index (χ1) is 16.9. The van der Waals surface area contributed by atoms with Gasteiger partial charge in [0.1, 0.15) is 0 Å². The molecular weight excluding hydrogens is 491 g/mol. The number of fused-ring (bicyclic) bond motifs is 1. The van der Waals surface area contributed by atoms with Crippen LogP contribution in [0.3, 0.4) is 0 Å². The molecule has 2 aromatic heterocycles. The van der Waals surface area contributed by atoms with Gasteiger partial charge in [-0.1, -0.05) is 41.4 Å². The molecule has 1 unspecified atom stereocenters. The van der Waals surface area contributed by atoms with Gasteiger partial charge in [0, 0.05) is 40.4 Å². The summed E-state index contributed by atoms with van der Waals surface area (Å²) in [5.74, 6) is -1.63. The summed E-state index contributed by atoms with van der Waals surface area (Å²) in [5, 5.41) is 12.3. The van der Waals surface area contributed by atoms with Crippen LogP contribution in [0.4, 0.5) is 0 Å². The average molecular weight is 509 g/mol. The van der Waals surface area contributed by atoms with Gasteiger partial charge in [0.15, 0.2) is 22.9 Å². The summed E-state index contributed by atoms with van der Waals surface area (Å²) in [4.78, 5) is 32.4. The number of hydrogen-bond acceptors (Lipinski definition) is 6. The van der Waals surface area contributed by atoms with E-state index in [2.05, 4.69) is 4.98 Å². The van der Waals surface area contributed by atoms with E-state index in [1.54, 1.807) is 54.9 Å². The minimum absolute atomic E-state index is 0.0582. The maximum absolute atomic E-state index is 13.7. The van der Waals surface area contributed by atoms with Crippen molar-refractivity contribution in [3.05, 3.63) is 105 Å². The average Bonchev–Trinajstić information content (AvgIpc) is 3.39. The third-order valence-corrected chi connectivity index (χ3v) is 6.27. The van der Waals surface area contributed by atoms with Gasteiger partial charge in [-0.05, 0) is 41.5 Å². The van der Waals surface area contributed by atoms with E-state index in [0.29, 0.717) is 32.3 Å². The van der Waals surface area contributed by atoms with Crippen LogP contribution < -0.4 is 4.74 Å². The molecule has 0 radical (unpaired) electrons. The highest BCUT2D eigenvalue weighted by Crippen LogP contribution is 2.41. The van der Waals surface area contributed by atoms with Gasteiger partial charge >= 0.3 is 0 Å². The summed E-state index contributed by atoms with van der Waals surface area (Å²) in [6.07, 6.45) is 3.25. The predicted octanol–water partition coefficient (Wildman–Crippen LogP) is 5.92. The summed E-state index contributed by atoms with van der Waals surface area (Å²) in [5.41, 5.74) is 1.59. The zero-order valence-electron chi connectivity index (χ0n) is 18.4. The van der Waals surface area contributed by atoms with E-state index in [1.165, 1.54) is 18.1 Å². The van der Waals surface area contributed by atoms with Crippen molar-refractivity contribution < 1.29 is 23.8 Å². The molecule has 1 aliphatic rings. The maximum Gasteiger partial charge on any atom is 0.290 e. The molecule has 4 aromatic rings. The standard InChI is InChI=1S/C26H18Cl2N2O5/c1-34-20-11-18(28)9-16-10-19(35-25(16)20)23(31)21-22(15-4-6-17(27)7-5-15)30(26(33)24(21)32)13-14-3-2-8-29-12-14/h2-12,22,32H,13H2,1H3. The summed E-state index contributed by atoms with van der Waals surface area (Å²) in [6.45, 7) is 0.129. The van der Waals surface area contributed by atoms with Crippen LogP contribution in [-0.2, 0) is 11.3 Å². The second-order valence-electron chi connectivity index (χ2n) is 7.98. The van der Waals surface area contributed by atoms with Gasteiger partial charge in [-0.3, -0.25) is 14.6 Å². The number of rotatable bonds is 6. The monoisotopic (exact) mass is 508 g/mol. The van der Waals surface area contributed by atoms with Gasteiger partial charge in [0.25, 0.3) is 5.91 Å².